The summed E-state index contributed by atoms with van der Waals surface area (Å²) in [6, 6.07) is 0.445. The van der Waals surface area contributed by atoms with E-state index >= 15 is 0 Å². The van der Waals surface area contributed by atoms with Gasteiger partial charge in [-0.2, -0.15) is 4.98 Å². The van der Waals surface area contributed by atoms with Crippen LogP contribution in [0.2, 0.25) is 0 Å². The number of likely N-dealkylation sites (tertiary alicyclic amines) is 1. The standard InChI is InChI=1S/C11H20N4O/c1-8-4-3-5-15(10(8)6-12)7-11-13-9(2)14-16-11/h8,10H,3-7,12H2,1-2H3. The van der Waals surface area contributed by atoms with E-state index < -0.39 is 0 Å². The highest BCUT2D eigenvalue weighted by atomic mass is 16.5. The summed E-state index contributed by atoms with van der Waals surface area (Å²) in [5, 5.41) is 3.81. The third kappa shape index (κ3) is 2.41. The van der Waals surface area contributed by atoms with Crippen molar-refractivity contribution < 1.29 is 4.52 Å². The molecule has 0 amide bonds. The Morgan fingerprint density at radius 2 is 2.38 bits per heavy atom. The van der Waals surface area contributed by atoms with Crippen LogP contribution in [0.25, 0.3) is 0 Å². The number of nitrogens with two attached hydrogens (primary N) is 1. The zero-order valence-corrected chi connectivity index (χ0v) is 10.0. The molecule has 1 aliphatic rings. The van der Waals surface area contributed by atoms with Crippen LogP contribution in [-0.4, -0.2) is 34.2 Å². The van der Waals surface area contributed by atoms with E-state index in [2.05, 4.69) is 22.0 Å². The van der Waals surface area contributed by atoms with E-state index in [1.165, 1.54) is 12.8 Å². The Balaban J connectivity index is 2.02. The molecule has 1 fully saturated rings. The molecule has 2 atom stereocenters. The second-order valence-corrected chi connectivity index (χ2v) is 4.63. The monoisotopic (exact) mass is 224 g/mol. The highest BCUT2D eigenvalue weighted by molar-refractivity contribution is 4.88. The number of hydrogen-bond acceptors (Lipinski definition) is 5. The first-order chi connectivity index (χ1) is 7.70. The fraction of sp³-hybridized carbons (Fsp3) is 0.818. The first-order valence-corrected chi connectivity index (χ1v) is 5.94. The van der Waals surface area contributed by atoms with Gasteiger partial charge in [-0.05, 0) is 32.2 Å². The molecule has 16 heavy (non-hydrogen) atoms. The van der Waals surface area contributed by atoms with Gasteiger partial charge >= 0.3 is 0 Å². The summed E-state index contributed by atoms with van der Waals surface area (Å²) in [5.74, 6) is 2.05. The van der Waals surface area contributed by atoms with Gasteiger partial charge in [0.15, 0.2) is 5.82 Å². The van der Waals surface area contributed by atoms with Crippen LogP contribution < -0.4 is 5.73 Å². The molecule has 90 valence electrons. The predicted molar refractivity (Wildman–Crippen MR) is 60.7 cm³/mol. The smallest absolute Gasteiger partial charge is 0.240 e. The van der Waals surface area contributed by atoms with Crippen molar-refractivity contribution in [1.82, 2.24) is 15.0 Å². The Labute approximate surface area is 96.0 Å². The Morgan fingerprint density at radius 3 is 3.00 bits per heavy atom. The predicted octanol–water partition coefficient (Wildman–Crippen LogP) is 0.937. The third-order valence-corrected chi connectivity index (χ3v) is 3.38. The molecule has 0 radical (unpaired) electrons. The first-order valence-electron chi connectivity index (χ1n) is 5.94. The largest absolute Gasteiger partial charge is 0.338 e. The van der Waals surface area contributed by atoms with Crippen molar-refractivity contribution in [3.8, 4) is 0 Å². The molecule has 1 aliphatic heterocycles. The zero-order valence-electron chi connectivity index (χ0n) is 10.0. The van der Waals surface area contributed by atoms with Crippen LogP contribution >= 0.6 is 0 Å². The van der Waals surface area contributed by atoms with Crippen LogP contribution in [0.5, 0.6) is 0 Å². The first kappa shape index (κ1) is 11.5. The van der Waals surface area contributed by atoms with Crippen molar-refractivity contribution in [3.05, 3.63) is 11.7 Å². The summed E-state index contributed by atoms with van der Waals surface area (Å²) in [4.78, 5) is 6.60. The molecule has 5 nitrogen and oxygen atoms in total. The van der Waals surface area contributed by atoms with Crippen molar-refractivity contribution in [1.29, 1.82) is 0 Å². The second kappa shape index (κ2) is 4.93. The van der Waals surface area contributed by atoms with Crippen LogP contribution in [0.4, 0.5) is 0 Å². The SMILES string of the molecule is Cc1noc(CN2CCCC(C)C2CN)n1. The van der Waals surface area contributed by atoms with Crippen LogP contribution in [0, 0.1) is 12.8 Å². The Morgan fingerprint density at radius 1 is 1.56 bits per heavy atom. The van der Waals surface area contributed by atoms with Gasteiger partial charge < -0.3 is 10.3 Å². The van der Waals surface area contributed by atoms with Crippen LogP contribution in [-0.2, 0) is 6.54 Å². The van der Waals surface area contributed by atoms with Gasteiger partial charge in [-0.25, -0.2) is 0 Å². The van der Waals surface area contributed by atoms with Gasteiger partial charge in [0.2, 0.25) is 5.89 Å². The van der Waals surface area contributed by atoms with Crippen LogP contribution in [0.15, 0.2) is 4.52 Å². The Kier molecular flexibility index (Phi) is 3.56. The number of hydrogen-bond donors (Lipinski definition) is 1. The minimum absolute atomic E-state index is 0.445. The molecule has 2 heterocycles. The third-order valence-electron chi connectivity index (χ3n) is 3.38. The molecule has 0 bridgehead atoms. The van der Waals surface area contributed by atoms with Crippen molar-refractivity contribution in [2.24, 2.45) is 11.7 Å². The molecule has 5 heteroatoms. The molecule has 2 rings (SSSR count). The molecule has 1 saturated heterocycles. The fourth-order valence-electron chi connectivity index (χ4n) is 2.49. The molecular formula is C11H20N4O. The Hall–Kier alpha value is -0.940. The molecule has 2 N–H and O–H groups in total. The molecule has 1 aromatic heterocycles. The molecule has 2 unspecified atom stereocenters. The maximum Gasteiger partial charge on any atom is 0.240 e. The molecule has 0 aliphatic carbocycles. The average molecular weight is 224 g/mol. The van der Waals surface area contributed by atoms with E-state index in [1.54, 1.807) is 0 Å². The van der Waals surface area contributed by atoms with Gasteiger partial charge in [0.1, 0.15) is 0 Å². The van der Waals surface area contributed by atoms with E-state index in [0.29, 0.717) is 30.2 Å². The summed E-state index contributed by atoms with van der Waals surface area (Å²) >= 11 is 0. The van der Waals surface area contributed by atoms with Gasteiger partial charge in [-0.15, -0.1) is 0 Å². The second-order valence-electron chi connectivity index (χ2n) is 4.63. The summed E-state index contributed by atoms with van der Waals surface area (Å²) in [5.41, 5.74) is 5.83. The lowest BCUT2D eigenvalue weighted by Gasteiger charge is -2.38. The van der Waals surface area contributed by atoms with Crippen LogP contribution in [0.3, 0.4) is 0 Å². The minimum atomic E-state index is 0.445. The number of aromatic nitrogens is 2. The number of nitrogens with zero attached hydrogens (tertiary/aromatic N) is 3. The van der Waals surface area contributed by atoms with Crippen molar-refractivity contribution in [2.75, 3.05) is 13.1 Å². The maximum atomic E-state index is 5.83. The average Bonchev–Trinajstić information content (AvgIpc) is 2.64. The lowest BCUT2D eigenvalue weighted by Crippen LogP contribution is -2.48. The topological polar surface area (TPSA) is 68.2 Å². The van der Waals surface area contributed by atoms with E-state index in [1.807, 2.05) is 6.92 Å². The van der Waals surface area contributed by atoms with Crippen molar-refractivity contribution in [2.45, 2.75) is 39.3 Å². The molecular weight excluding hydrogens is 204 g/mol. The summed E-state index contributed by atoms with van der Waals surface area (Å²) in [7, 11) is 0. The number of rotatable bonds is 3. The van der Waals surface area contributed by atoms with Gasteiger partial charge in [0.05, 0.1) is 6.54 Å². The van der Waals surface area contributed by atoms with Crippen molar-refractivity contribution in [3.63, 3.8) is 0 Å². The number of aryl methyl sites for hydroxylation is 1. The lowest BCUT2D eigenvalue weighted by atomic mass is 9.91. The van der Waals surface area contributed by atoms with E-state index in [-0.39, 0.29) is 0 Å². The molecule has 0 aromatic carbocycles. The van der Waals surface area contributed by atoms with E-state index in [4.69, 9.17) is 10.3 Å². The van der Waals surface area contributed by atoms with Crippen molar-refractivity contribution >= 4 is 0 Å². The van der Waals surface area contributed by atoms with Gasteiger partial charge in [0, 0.05) is 12.6 Å². The maximum absolute atomic E-state index is 5.83. The summed E-state index contributed by atoms with van der Waals surface area (Å²) in [6.45, 7) is 6.62. The molecule has 0 saturated carbocycles. The quantitative estimate of drug-likeness (QED) is 0.827. The molecule has 1 aromatic rings. The van der Waals surface area contributed by atoms with Gasteiger partial charge in [-0.1, -0.05) is 12.1 Å². The van der Waals surface area contributed by atoms with Crippen LogP contribution in [0.1, 0.15) is 31.5 Å². The molecule has 0 spiro atoms. The Bertz CT molecular complexity index is 338. The fourth-order valence-corrected chi connectivity index (χ4v) is 2.49. The highest BCUT2D eigenvalue weighted by Crippen LogP contribution is 2.23. The number of piperidine rings is 1. The summed E-state index contributed by atoms with van der Waals surface area (Å²) < 4.78 is 5.15. The zero-order chi connectivity index (χ0) is 11.5. The van der Waals surface area contributed by atoms with Gasteiger partial charge in [0.25, 0.3) is 0 Å². The highest BCUT2D eigenvalue weighted by Gasteiger charge is 2.28. The lowest BCUT2D eigenvalue weighted by molar-refractivity contribution is 0.0874. The van der Waals surface area contributed by atoms with E-state index in [9.17, 15) is 0 Å². The normalized spacial score (nSPS) is 27.2. The summed E-state index contributed by atoms with van der Waals surface area (Å²) in [6.07, 6.45) is 2.49. The van der Waals surface area contributed by atoms with Gasteiger partial charge in [-0.3, -0.25) is 4.90 Å². The van der Waals surface area contributed by atoms with E-state index in [0.717, 1.165) is 13.1 Å². The minimum Gasteiger partial charge on any atom is -0.338 e.